The lowest BCUT2D eigenvalue weighted by Crippen LogP contribution is -2.44. The summed E-state index contributed by atoms with van der Waals surface area (Å²) in [5.74, 6) is -1.48. The van der Waals surface area contributed by atoms with E-state index >= 15 is 0 Å². The summed E-state index contributed by atoms with van der Waals surface area (Å²) in [4.78, 5) is 34.3. The predicted molar refractivity (Wildman–Crippen MR) is 134 cm³/mol. The molecule has 0 aromatic carbocycles. The number of alkyl halides is 2. The van der Waals surface area contributed by atoms with Gasteiger partial charge in [0.25, 0.3) is 0 Å². The molecule has 0 radical (unpaired) electrons. The lowest BCUT2D eigenvalue weighted by Gasteiger charge is -2.24. The fraction of sp³-hybridized carbons (Fsp3) is 0.741. The molecular formula is C27H41F2N3O5. The molecule has 1 fully saturated rings. The number of urea groups is 1. The number of esters is 1. The fourth-order valence-electron chi connectivity index (χ4n) is 4.74. The highest BCUT2D eigenvalue weighted by atomic mass is 19.3. The quantitative estimate of drug-likeness (QED) is 0.147. The Balaban J connectivity index is 1.24. The van der Waals surface area contributed by atoms with E-state index in [1.165, 1.54) is 81.6 Å². The highest BCUT2D eigenvalue weighted by molar-refractivity contribution is 5.82. The minimum atomic E-state index is -4.26. The van der Waals surface area contributed by atoms with Gasteiger partial charge in [0, 0.05) is 12.1 Å². The predicted octanol–water partition coefficient (Wildman–Crippen LogP) is 6.73. The first kappa shape index (κ1) is 29.1. The van der Waals surface area contributed by atoms with Gasteiger partial charge >= 0.3 is 18.1 Å². The number of halogens is 2. The number of aromatic nitrogens is 1. The van der Waals surface area contributed by atoms with Gasteiger partial charge in [-0.25, -0.2) is 14.6 Å². The molecule has 8 nitrogen and oxygen atoms in total. The summed E-state index contributed by atoms with van der Waals surface area (Å²) in [7, 11) is 0. The zero-order valence-electron chi connectivity index (χ0n) is 22.0. The van der Waals surface area contributed by atoms with E-state index in [4.69, 9.17) is 9.15 Å². The van der Waals surface area contributed by atoms with E-state index in [-0.39, 0.29) is 19.7 Å². The zero-order chi connectivity index (χ0) is 26.5. The Morgan fingerprint density at radius 2 is 1.62 bits per heavy atom. The maximum atomic E-state index is 14.4. The van der Waals surface area contributed by atoms with E-state index in [0.717, 1.165) is 19.3 Å². The molecule has 1 aromatic rings. The summed E-state index contributed by atoms with van der Waals surface area (Å²) >= 11 is 0. The number of hydrogen-bond donors (Lipinski definition) is 0. The molecule has 1 unspecified atom stereocenters. The van der Waals surface area contributed by atoms with E-state index in [2.05, 4.69) is 16.7 Å². The molecule has 1 aromatic heterocycles. The summed E-state index contributed by atoms with van der Waals surface area (Å²) in [6, 6.07) is -1.53. The SMILES string of the molecule is CCCCCCCCCCCCCCCCOC(=O)C(F)(F)ON1C(=O)N2CC(c3ncco3)=CC1C2. The molecule has 1 atom stereocenters. The largest absolute Gasteiger partial charge is 0.477 e. The molecular weight excluding hydrogens is 484 g/mol. The maximum absolute atomic E-state index is 14.4. The van der Waals surface area contributed by atoms with E-state index in [0.29, 0.717) is 22.9 Å². The number of nitrogens with zero attached hydrogens (tertiary/aromatic N) is 3. The normalized spacial score (nSPS) is 17.4. The molecule has 208 valence electrons. The summed E-state index contributed by atoms with van der Waals surface area (Å²) in [5, 5.41) is 0.531. The topological polar surface area (TPSA) is 85.1 Å². The number of hydrogen-bond acceptors (Lipinski definition) is 6. The number of carbonyl (C=O) groups excluding carboxylic acids is 2. The number of carbonyl (C=O) groups is 2. The number of fused-ring (bicyclic) bond motifs is 2. The molecule has 2 aliphatic heterocycles. The van der Waals surface area contributed by atoms with Crippen molar-refractivity contribution in [2.75, 3.05) is 19.7 Å². The Bertz CT molecular complexity index is 862. The second-order valence-corrected chi connectivity index (χ2v) is 9.93. The number of oxazole rings is 1. The van der Waals surface area contributed by atoms with Gasteiger partial charge in [-0.2, -0.15) is 18.7 Å². The van der Waals surface area contributed by atoms with Crippen LogP contribution in [0.25, 0.3) is 5.57 Å². The Kier molecular flexibility index (Phi) is 11.8. The summed E-state index contributed by atoms with van der Waals surface area (Å²) in [6.45, 7) is 2.46. The van der Waals surface area contributed by atoms with Gasteiger partial charge in [0.1, 0.15) is 6.26 Å². The van der Waals surface area contributed by atoms with Gasteiger partial charge < -0.3 is 14.1 Å². The fourth-order valence-corrected chi connectivity index (χ4v) is 4.74. The van der Waals surface area contributed by atoms with Gasteiger partial charge in [-0.15, -0.1) is 0 Å². The van der Waals surface area contributed by atoms with Gasteiger partial charge in [0.15, 0.2) is 0 Å². The lowest BCUT2D eigenvalue weighted by atomic mass is 10.0. The van der Waals surface area contributed by atoms with Crippen LogP contribution in [-0.4, -0.2) is 58.8 Å². The Labute approximate surface area is 218 Å². The number of rotatable bonds is 19. The van der Waals surface area contributed by atoms with Crippen molar-refractivity contribution < 1.29 is 32.4 Å². The lowest BCUT2D eigenvalue weighted by molar-refractivity contribution is -0.326. The van der Waals surface area contributed by atoms with Crippen LogP contribution in [0.15, 0.2) is 23.0 Å². The number of amides is 2. The van der Waals surface area contributed by atoms with Crippen LogP contribution in [-0.2, 0) is 14.4 Å². The van der Waals surface area contributed by atoms with E-state index in [9.17, 15) is 18.4 Å². The summed E-state index contributed by atoms with van der Waals surface area (Å²) in [5.41, 5.74) is 0.587. The van der Waals surface area contributed by atoms with Crippen molar-refractivity contribution in [2.45, 2.75) is 109 Å². The average molecular weight is 526 g/mol. The first-order valence-electron chi connectivity index (χ1n) is 13.8. The van der Waals surface area contributed by atoms with Gasteiger partial charge in [-0.3, -0.25) is 0 Å². The van der Waals surface area contributed by atoms with E-state index < -0.39 is 24.2 Å². The van der Waals surface area contributed by atoms with Crippen LogP contribution in [0.4, 0.5) is 13.6 Å². The number of hydroxylamine groups is 2. The van der Waals surface area contributed by atoms with Crippen molar-refractivity contribution in [3.8, 4) is 0 Å². The van der Waals surface area contributed by atoms with Gasteiger partial charge in [-0.1, -0.05) is 90.4 Å². The van der Waals surface area contributed by atoms with Crippen molar-refractivity contribution >= 4 is 17.6 Å². The van der Waals surface area contributed by atoms with Gasteiger partial charge in [0.05, 0.1) is 25.4 Å². The summed E-state index contributed by atoms with van der Waals surface area (Å²) < 4.78 is 38.8. The van der Waals surface area contributed by atoms with Crippen LogP contribution in [0, 0.1) is 0 Å². The minimum Gasteiger partial charge on any atom is -0.459 e. The van der Waals surface area contributed by atoms with Crippen LogP contribution in [0.3, 0.4) is 0 Å². The highest BCUT2D eigenvalue weighted by Crippen LogP contribution is 2.32. The minimum absolute atomic E-state index is 0.104. The van der Waals surface area contributed by atoms with Crippen LogP contribution in [0.1, 0.15) is 103 Å². The molecule has 0 N–H and O–H groups in total. The van der Waals surface area contributed by atoms with Crippen LogP contribution >= 0.6 is 0 Å². The smallest absolute Gasteiger partial charge is 0.459 e. The van der Waals surface area contributed by atoms with Crippen molar-refractivity contribution in [1.82, 2.24) is 14.9 Å². The maximum Gasteiger partial charge on any atom is 0.477 e. The molecule has 0 saturated carbocycles. The van der Waals surface area contributed by atoms with E-state index in [1.807, 2.05) is 0 Å². The van der Waals surface area contributed by atoms with Crippen molar-refractivity contribution in [3.63, 3.8) is 0 Å². The van der Waals surface area contributed by atoms with E-state index in [1.54, 1.807) is 6.08 Å². The first-order valence-corrected chi connectivity index (χ1v) is 13.8. The zero-order valence-corrected chi connectivity index (χ0v) is 22.0. The molecule has 2 amide bonds. The monoisotopic (exact) mass is 525 g/mol. The standard InChI is InChI=1S/C27H41F2N3O5/c1-2-3-4-5-6-7-8-9-10-11-12-13-14-15-17-36-25(33)27(28,29)37-32-23-19-22(24-30-16-18-35-24)20-31(21-23)26(32)34/h16,18-19,23H,2-15,17,20-21H2,1H3. The third kappa shape index (κ3) is 9.09. The second kappa shape index (κ2) is 15.1. The molecule has 37 heavy (non-hydrogen) atoms. The third-order valence-corrected chi connectivity index (χ3v) is 6.81. The third-order valence-electron chi connectivity index (χ3n) is 6.81. The number of ether oxygens (including phenoxy) is 1. The van der Waals surface area contributed by atoms with Gasteiger partial charge in [-0.05, 0) is 12.5 Å². The van der Waals surface area contributed by atoms with Crippen LogP contribution < -0.4 is 0 Å². The summed E-state index contributed by atoms with van der Waals surface area (Å²) in [6.07, 6.45) is 16.6. The second-order valence-electron chi connectivity index (χ2n) is 9.93. The molecule has 3 rings (SSSR count). The van der Waals surface area contributed by atoms with Crippen molar-refractivity contribution in [3.05, 3.63) is 24.4 Å². The van der Waals surface area contributed by atoms with Crippen LogP contribution in [0.2, 0.25) is 0 Å². The highest BCUT2D eigenvalue weighted by Gasteiger charge is 2.51. The molecule has 1 saturated heterocycles. The molecule has 10 heteroatoms. The molecule has 0 spiro atoms. The molecule has 3 heterocycles. The average Bonchev–Trinajstić information content (AvgIpc) is 3.50. The molecule has 2 bridgehead atoms. The van der Waals surface area contributed by atoms with Crippen molar-refractivity contribution in [1.29, 1.82) is 0 Å². The van der Waals surface area contributed by atoms with Crippen LogP contribution in [0.5, 0.6) is 0 Å². The Hall–Kier alpha value is -2.49. The first-order chi connectivity index (χ1) is 17.9. The molecule has 2 aliphatic rings. The Morgan fingerprint density at radius 1 is 1.03 bits per heavy atom. The van der Waals surface area contributed by atoms with Gasteiger partial charge in [0.2, 0.25) is 5.89 Å². The molecule has 0 aliphatic carbocycles. The number of unbranched alkanes of at least 4 members (excludes halogenated alkanes) is 13. The Morgan fingerprint density at radius 3 is 2.19 bits per heavy atom. The van der Waals surface area contributed by atoms with Crippen molar-refractivity contribution in [2.24, 2.45) is 0 Å².